The largest absolute Gasteiger partial charge is 0.337 e. The first kappa shape index (κ1) is 17.2. The number of fused-ring (bicyclic) bond motifs is 3. The smallest absolute Gasteiger partial charge is 0.314 e. The molecular formula is C17H14N4O5S. The van der Waals surface area contributed by atoms with Crippen molar-refractivity contribution in [2.24, 2.45) is 0 Å². The number of nitrogens with one attached hydrogen (secondary N) is 2. The Morgan fingerprint density at radius 2 is 1.96 bits per heavy atom. The minimum atomic E-state index is -0.865. The molecule has 3 aromatic rings. The summed E-state index contributed by atoms with van der Waals surface area (Å²) >= 11 is 1.33. The lowest BCUT2D eigenvalue weighted by molar-refractivity contribution is -0.385. The molecule has 0 saturated carbocycles. The SMILES string of the molecule is CN(C(=O)c1cccs1)C1Cc2c([N+](=O)[O-])cc3[nH]c(=O)c(=O)[nH]c3c2C1. The van der Waals surface area contributed by atoms with Crippen LogP contribution in [0.25, 0.3) is 11.0 Å². The molecule has 4 rings (SSSR count). The van der Waals surface area contributed by atoms with E-state index in [0.717, 1.165) is 0 Å². The highest BCUT2D eigenvalue weighted by molar-refractivity contribution is 7.12. The normalized spacial score (nSPS) is 15.7. The zero-order chi connectivity index (χ0) is 19.3. The van der Waals surface area contributed by atoms with Gasteiger partial charge in [-0.3, -0.25) is 24.5 Å². The highest BCUT2D eigenvalue weighted by Crippen LogP contribution is 2.36. The molecule has 0 fully saturated rings. The molecule has 10 heteroatoms. The molecule has 0 radical (unpaired) electrons. The zero-order valence-corrected chi connectivity index (χ0v) is 15.0. The van der Waals surface area contributed by atoms with Crippen molar-refractivity contribution in [1.29, 1.82) is 0 Å². The highest BCUT2D eigenvalue weighted by atomic mass is 32.1. The molecule has 0 bridgehead atoms. The van der Waals surface area contributed by atoms with Crippen LogP contribution in [0.4, 0.5) is 5.69 Å². The first-order valence-corrected chi connectivity index (χ1v) is 9.01. The van der Waals surface area contributed by atoms with E-state index < -0.39 is 16.0 Å². The number of nitro groups is 1. The molecule has 1 unspecified atom stereocenters. The summed E-state index contributed by atoms with van der Waals surface area (Å²) in [7, 11) is 1.66. The Hall–Kier alpha value is -3.27. The molecule has 2 heterocycles. The van der Waals surface area contributed by atoms with E-state index in [1.165, 1.54) is 17.4 Å². The molecule has 1 atom stereocenters. The molecule has 1 aliphatic carbocycles. The lowest BCUT2D eigenvalue weighted by Gasteiger charge is -2.23. The second-order valence-corrected chi connectivity index (χ2v) is 7.34. The van der Waals surface area contributed by atoms with Crippen LogP contribution >= 0.6 is 11.3 Å². The lowest BCUT2D eigenvalue weighted by Crippen LogP contribution is -2.37. The maximum atomic E-state index is 12.6. The van der Waals surface area contributed by atoms with Crippen molar-refractivity contribution in [3.05, 3.63) is 70.4 Å². The molecule has 0 spiro atoms. The molecule has 27 heavy (non-hydrogen) atoms. The van der Waals surface area contributed by atoms with Crippen LogP contribution in [0.5, 0.6) is 0 Å². The van der Waals surface area contributed by atoms with Crippen molar-refractivity contribution < 1.29 is 9.72 Å². The second-order valence-electron chi connectivity index (χ2n) is 6.40. The maximum absolute atomic E-state index is 12.6. The lowest BCUT2D eigenvalue weighted by atomic mass is 10.1. The summed E-state index contributed by atoms with van der Waals surface area (Å²) in [6.45, 7) is 0. The van der Waals surface area contributed by atoms with E-state index in [0.29, 0.717) is 34.4 Å². The molecule has 1 aromatic carbocycles. The van der Waals surface area contributed by atoms with Gasteiger partial charge in [0, 0.05) is 31.1 Å². The van der Waals surface area contributed by atoms with E-state index in [1.54, 1.807) is 24.1 Å². The number of likely N-dealkylation sites (N-methyl/N-ethyl adjacent to an activating group) is 1. The van der Waals surface area contributed by atoms with Crippen molar-refractivity contribution in [3.8, 4) is 0 Å². The number of hydrogen-bond acceptors (Lipinski definition) is 6. The number of carbonyl (C=O) groups is 1. The number of carbonyl (C=O) groups excluding carboxylic acids is 1. The second kappa shape index (κ2) is 6.16. The molecule has 1 aliphatic rings. The van der Waals surface area contributed by atoms with Gasteiger partial charge in [-0.05, 0) is 23.4 Å². The number of aromatic amines is 2. The Labute approximate surface area is 155 Å². The van der Waals surface area contributed by atoms with Crippen molar-refractivity contribution >= 4 is 34.0 Å². The monoisotopic (exact) mass is 386 g/mol. The summed E-state index contributed by atoms with van der Waals surface area (Å²) in [6.07, 6.45) is 0.652. The summed E-state index contributed by atoms with van der Waals surface area (Å²) in [6, 6.07) is 4.49. The first-order valence-electron chi connectivity index (χ1n) is 8.13. The predicted molar refractivity (Wildman–Crippen MR) is 99.5 cm³/mol. The molecule has 1 amide bonds. The third-order valence-electron chi connectivity index (χ3n) is 4.89. The Morgan fingerprint density at radius 1 is 1.26 bits per heavy atom. The summed E-state index contributed by atoms with van der Waals surface area (Å²) < 4.78 is 0. The average Bonchev–Trinajstić information content (AvgIpc) is 3.30. The van der Waals surface area contributed by atoms with E-state index in [2.05, 4.69) is 9.97 Å². The molecule has 0 aliphatic heterocycles. The van der Waals surface area contributed by atoms with Crippen LogP contribution in [-0.2, 0) is 12.8 Å². The van der Waals surface area contributed by atoms with Gasteiger partial charge < -0.3 is 14.9 Å². The highest BCUT2D eigenvalue weighted by Gasteiger charge is 2.35. The number of hydrogen-bond donors (Lipinski definition) is 2. The Morgan fingerprint density at radius 3 is 2.63 bits per heavy atom. The number of H-pyrrole nitrogens is 2. The van der Waals surface area contributed by atoms with Crippen LogP contribution in [0, 0.1) is 10.1 Å². The van der Waals surface area contributed by atoms with E-state index >= 15 is 0 Å². The van der Waals surface area contributed by atoms with Gasteiger partial charge >= 0.3 is 11.1 Å². The molecular weight excluding hydrogens is 372 g/mol. The fourth-order valence-electron chi connectivity index (χ4n) is 3.53. The van der Waals surface area contributed by atoms with E-state index in [1.807, 2.05) is 5.38 Å². The summed E-state index contributed by atoms with van der Waals surface area (Å²) in [5.74, 6) is -0.156. The Kier molecular flexibility index (Phi) is 3.92. The van der Waals surface area contributed by atoms with Gasteiger partial charge in [-0.2, -0.15) is 0 Å². The van der Waals surface area contributed by atoms with Gasteiger partial charge in [-0.1, -0.05) is 6.07 Å². The van der Waals surface area contributed by atoms with Gasteiger partial charge in [0.05, 0.1) is 20.8 Å². The number of aromatic nitrogens is 2. The zero-order valence-electron chi connectivity index (χ0n) is 14.1. The number of thiophene rings is 1. The van der Waals surface area contributed by atoms with Crippen molar-refractivity contribution in [1.82, 2.24) is 14.9 Å². The fraction of sp³-hybridized carbons (Fsp3) is 0.235. The Bertz CT molecular complexity index is 1190. The predicted octanol–water partition coefficient (Wildman–Crippen LogP) is 1.43. The molecule has 9 nitrogen and oxygen atoms in total. The van der Waals surface area contributed by atoms with Crippen LogP contribution in [-0.4, -0.2) is 38.8 Å². The van der Waals surface area contributed by atoms with Gasteiger partial charge in [0.2, 0.25) is 0 Å². The fourth-order valence-corrected chi connectivity index (χ4v) is 4.23. The number of benzene rings is 1. The summed E-state index contributed by atoms with van der Waals surface area (Å²) in [5.41, 5.74) is -0.159. The van der Waals surface area contributed by atoms with Crippen molar-refractivity contribution in [2.75, 3.05) is 7.05 Å². The Balaban J connectivity index is 1.81. The third kappa shape index (κ3) is 2.74. The van der Waals surface area contributed by atoms with Crippen LogP contribution in [0.3, 0.4) is 0 Å². The van der Waals surface area contributed by atoms with Gasteiger partial charge in [0.15, 0.2) is 0 Å². The number of nitrogens with zero attached hydrogens (tertiary/aromatic N) is 2. The van der Waals surface area contributed by atoms with Gasteiger partial charge in [0.1, 0.15) is 0 Å². The number of nitro benzene ring substituents is 1. The minimum absolute atomic E-state index is 0.125. The van der Waals surface area contributed by atoms with Crippen molar-refractivity contribution in [2.45, 2.75) is 18.9 Å². The summed E-state index contributed by atoms with van der Waals surface area (Å²) in [4.78, 5) is 54.0. The van der Waals surface area contributed by atoms with Crippen LogP contribution in [0.15, 0.2) is 33.2 Å². The average molecular weight is 386 g/mol. The molecule has 0 saturated heterocycles. The summed E-state index contributed by atoms with van der Waals surface area (Å²) in [5, 5.41) is 13.3. The topological polar surface area (TPSA) is 129 Å². The standard InChI is InChI=1S/C17H14N4O5S/c1-20(17(24)13-3-2-4-27-13)8-5-9-10(6-8)14-11(7-12(9)21(25)26)18-15(22)16(23)19-14/h2-4,7-8H,5-6H2,1H3,(H,18,22)(H,19,23). The number of rotatable bonds is 3. The first-order chi connectivity index (χ1) is 12.9. The molecule has 2 aromatic heterocycles. The molecule has 138 valence electrons. The van der Waals surface area contributed by atoms with E-state index in [4.69, 9.17) is 0 Å². The quantitative estimate of drug-likeness (QED) is 0.400. The maximum Gasteiger partial charge on any atom is 0.314 e. The van der Waals surface area contributed by atoms with E-state index in [-0.39, 0.29) is 23.2 Å². The van der Waals surface area contributed by atoms with Crippen LogP contribution in [0.2, 0.25) is 0 Å². The van der Waals surface area contributed by atoms with Crippen LogP contribution < -0.4 is 11.1 Å². The van der Waals surface area contributed by atoms with Crippen LogP contribution in [0.1, 0.15) is 20.8 Å². The van der Waals surface area contributed by atoms with Gasteiger partial charge in [-0.15, -0.1) is 11.3 Å². The third-order valence-corrected chi connectivity index (χ3v) is 5.75. The van der Waals surface area contributed by atoms with Gasteiger partial charge in [0.25, 0.3) is 11.6 Å². The van der Waals surface area contributed by atoms with E-state index in [9.17, 15) is 24.5 Å². The molecule has 2 N–H and O–H groups in total. The van der Waals surface area contributed by atoms with Crippen molar-refractivity contribution in [3.63, 3.8) is 0 Å². The number of amides is 1. The van der Waals surface area contributed by atoms with Gasteiger partial charge in [-0.25, -0.2) is 0 Å². The minimum Gasteiger partial charge on any atom is -0.337 e.